The van der Waals surface area contributed by atoms with E-state index in [0.717, 1.165) is 17.9 Å². The third kappa shape index (κ3) is 2.49. The van der Waals surface area contributed by atoms with Crippen LogP contribution in [0.3, 0.4) is 0 Å². The molecule has 2 heteroatoms. The number of benzene rings is 1. The lowest BCUT2D eigenvalue weighted by Crippen LogP contribution is -2.65. The Morgan fingerprint density at radius 3 is 2.00 bits per heavy atom. The minimum Gasteiger partial charge on any atom is -0.366 e. The van der Waals surface area contributed by atoms with E-state index in [1.165, 1.54) is 83.1 Å². The van der Waals surface area contributed by atoms with E-state index in [2.05, 4.69) is 40.1 Å². The van der Waals surface area contributed by atoms with Crippen LogP contribution in [0.25, 0.3) is 0 Å². The van der Waals surface area contributed by atoms with Crippen LogP contribution in [0.15, 0.2) is 30.3 Å². The summed E-state index contributed by atoms with van der Waals surface area (Å²) in [6, 6.07) is 12.0. The van der Waals surface area contributed by atoms with Crippen LogP contribution in [0.2, 0.25) is 0 Å². The number of piperidine rings is 1. The highest BCUT2D eigenvalue weighted by molar-refractivity contribution is 5.52. The van der Waals surface area contributed by atoms with E-state index in [1.54, 1.807) is 0 Å². The number of fused-ring (bicyclic) bond motifs is 1. The van der Waals surface area contributed by atoms with Gasteiger partial charge < -0.3 is 9.80 Å². The number of anilines is 1. The molecule has 4 fully saturated rings. The minimum atomic E-state index is 0.489. The van der Waals surface area contributed by atoms with E-state index in [0.29, 0.717) is 5.54 Å². The lowest BCUT2D eigenvalue weighted by molar-refractivity contribution is 0.0843. The smallest absolute Gasteiger partial charge is 0.0443 e. The summed E-state index contributed by atoms with van der Waals surface area (Å²) in [5.41, 5.74) is 1.94. The molecule has 0 bridgehead atoms. The van der Waals surface area contributed by atoms with Gasteiger partial charge in [-0.15, -0.1) is 0 Å². The minimum absolute atomic E-state index is 0.489. The first-order valence-corrected chi connectivity index (χ1v) is 10.4. The SMILES string of the molecule is c1ccc(N2CCC23CCN(C2CC4CCCCC4C2)CC3)cc1. The van der Waals surface area contributed by atoms with Crippen molar-refractivity contribution in [2.45, 2.75) is 69.4 Å². The van der Waals surface area contributed by atoms with E-state index >= 15 is 0 Å². The molecule has 2 heterocycles. The van der Waals surface area contributed by atoms with E-state index in [-0.39, 0.29) is 0 Å². The Hall–Kier alpha value is -1.02. The van der Waals surface area contributed by atoms with Gasteiger partial charge in [0, 0.05) is 36.9 Å². The van der Waals surface area contributed by atoms with Crippen LogP contribution in [-0.4, -0.2) is 36.1 Å². The summed E-state index contributed by atoms with van der Waals surface area (Å²) in [7, 11) is 0. The monoisotopic (exact) mass is 324 g/mol. The second kappa shape index (κ2) is 6.05. The predicted octanol–water partition coefficient (Wildman–Crippen LogP) is 4.70. The van der Waals surface area contributed by atoms with Crippen LogP contribution in [0, 0.1) is 11.8 Å². The van der Waals surface area contributed by atoms with Crippen molar-refractivity contribution in [3.63, 3.8) is 0 Å². The summed E-state index contributed by atoms with van der Waals surface area (Å²) in [6.07, 6.45) is 13.3. The quantitative estimate of drug-likeness (QED) is 0.778. The van der Waals surface area contributed by atoms with E-state index in [1.807, 2.05) is 0 Å². The Labute approximate surface area is 147 Å². The topological polar surface area (TPSA) is 6.48 Å². The molecule has 2 saturated carbocycles. The Kier molecular flexibility index (Phi) is 3.85. The second-order valence-corrected chi connectivity index (χ2v) is 8.93. The summed E-state index contributed by atoms with van der Waals surface area (Å²) in [4.78, 5) is 5.59. The van der Waals surface area contributed by atoms with Crippen molar-refractivity contribution in [2.24, 2.45) is 11.8 Å². The maximum absolute atomic E-state index is 2.88. The van der Waals surface area contributed by atoms with Crippen LogP contribution < -0.4 is 4.90 Å². The summed E-state index contributed by atoms with van der Waals surface area (Å²) in [5.74, 6) is 2.15. The maximum atomic E-state index is 2.88. The Morgan fingerprint density at radius 1 is 0.792 bits per heavy atom. The summed E-state index contributed by atoms with van der Waals surface area (Å²) < 4.78 is 0. The third-order valence-corrected chi connectivity index (χ3v) is 7.90. The molecule has 0 amide bonds. The first kappa shape index (κ1) is 15.3. The summed E-state index contributed by atoms with van der Waals surface area (Å²) in [5, 5.41) is 0. The number of rotatable bonds is 2. The van der Waals surface area contributed by atoms with Crippen molar-refractivity contribution in [1.29, 1.82) is 0 Å². The first-order chi connectivity index (χ1) is 11.8. The highest BCUT2D eigenvalue weighted by Crippen LogP contribution is 2.47. The highest BCUT2D eigenvalue weighted by Gasteiger charge is 2.48. The molecule has 2 nitrogen and oxygen atoms in total. The number of hydrogen-bond acceptors (Lipinski definition) is 2. The molecule has 1 aromatic rings. The molecule has 0 aromatic heterocycles. The molecule has 24 heavy (non-hydrogen) atoms. The zero-order valence-electron chi connectivity index (χ0n) is 15.0. The molecule has 4 aliphatic rings. The van der Waals surface area contributed by atoms with Gasteiger partial charge in [0.2, 0.25) is 0 Å². The molecule has 2 saturated heterocycles. The van der Waals surface area contributed by atoms with E-state index in [4.69, 9.17) is 0 Å². The van der Waals surface area contributed by atoms with Crippen LogP contribution in [0.4, 0.5) is 5.69 Å². The largest absolute Gasteiger partial charge is 0.366 e. The summed E-state index contributed by atoms with van der Waals surface area (Å²) >= 11 is 0. The molecule has 1 aromatic carbocycles. The molecular weight excluding hydrogens is 292 g/mol. The fraction of sp³-hybridized carbons (Fsp3) is 0.727. The van der Waals surface area contributed by atoms with E-state index in [9.17, 15) is 0 Å². The predicted molar refractivity (Wildman–Crippen MR) is 100 cm³/mol. The van der Waals surface area contributed by atoms with Gasteiger partial charge in [-0.25, -0.2) is 0 Å². The average molecular weight is 325 g/mol. The van der Waals surface area contributed by atoms with Crippen molar-refractivity contribution < 1.29 is 0 Å². The number of hydrogen-bond donors (Lipinski definition) is 0. The first-order valence-electron chi connectivity index (χ1n) is 10.4. The van der Waals surface area contributed by atoms with Gasteiger partial charge in [0.15, 0.2) is 0 Å². The normalized spacial score (nSPS) is 35.7. The van der Waals surface area contributed by atoms with Gasteiger partial charge >= 0.3 is 0 Å². The van der Waals surface area contributed by atoms with Gasteiger partial charge in [0.05, 0.1) is 0 Å². The van der Waals surface area contributed by atoms with Gasteiger partial charge in [-0.3, -0.25) is 0 Å². The number of nitrogens with zero attached hydrogens (tertiary/aromatic N) is 2. The highest BCUT2D eigenvalue weighted by atomic mass is 15.3. The van der Waals surface area contributed by atoms with Crippen molar-refractivity contribution >= 4 is 5.69 Å². The van der Waals surface area contributed by atoms with Gasteiger partial charge in [0.25, 0.3) is 0 Å². The van der Waals surface area contributed by atoms with E-state index < -0.39 is 0 Å². The number of para-hydroxylation sites is 1. The molecule has 130 valence electrons. The van der Waals surface area contributed by atoms with Gasteiger partial charge in [-0.1, -0.05) is 43.9 Å². The third-order valence-electron chi connectivity index (χ3n) is 7.90. The van der Waals surface area contributed by atoms with Crippen molar-refractivity contribution in [2.75, 3.05) is 24.5 Å². The lowest BCUT2D eigenvalue weighted by Gasteiger charge is -2.58. The fourth-order valence-corrected chi connectivity index (χ4v) is 6.37. The Balaban J connectivity index is 1.22. The van der Waals surface area contributed by atoms with Gasteiger partial charge in [0.1, 0.15) is 0 Å². The lowest BCUT2D eigenvalue weighted by atomic mass is 9.75. The maximum Gasteiger partial charge on any atom is 0.0443 e. The van der Waals surface area contributed by atoms with Crippen LogP contribution >= 0.6 is 0 Å². The molecule has 0 radical (unpaired) electrons. The fourth-order valence-electron chi connectivity index (χ4n) is 6.37. The van der Waals surface area contributed by atoms with Crippen molar-refractivity contribution in [3.8, 4) is 0 Å². The number of likely N-dealkylation sites (tertiary alicyclic amines) is 1. The molecule has 2 atom stereocenters. The molecule has 1 spiro atoms. The van der Waals surface area contributed by atoms with Crippen LogP contribution in [-0.2, 0) is 0 Å². The molecular formula is C22H32N2. The zero-order chi connectivity index (χ0) is 16.0. The molecule has 2 aliphatic heterocycles. The molecule has 5 rings (SSSR count). The van der Waals surface area contributed by atoms with Crippen LogP contribution in [0.5, 0.6) is 0 Å². The second-order valence-electron chi connectivity index (χ2n) is 8.93. The van der Waals surface area contributed by atoms with Crippen LogP contribution in [0.1, 0.15) is 57.8 Å². The van der Waals surface area contributed by atoms with Gasteiger partial charge in [-0.05, 0) is 56.1 Å². The molecule has 2 aliphatic carbocycles. The Morgan fingerprint density at radius 2 is 1.42 bits per heavy atom. The van der Waals surface area contributed by atoms with Crippen molar-refractivity contribution in [1.82, 2.24) is 4.90 Å². The molecule has 0 N–H and O–H groups in total. The zero-order valence-corrected chi connectivity index (χ0v) is 15.0. The standard InChI is InChI=1S/C22H32N2/c1-2-8-20(9-3-1)24-15-12-22(24)10-13-23(14-11-22)21-16-18-6-4-5-7-19(18)17-21/h1-3,8-9,18-19,21H,4-7,10-17H2. The average Bonchev–Trinajstić information content (AvgIpc) is 3.06. The molecule has 2 unspecified atom stereocenters. The van der Waals surface area contributed by atoms with Gasteiger partial charge in [-0.2, -0.15) is 0 Å². The summed E-state index contributed by atoms with van der Waals surface area (Å²) in [6.45, 7) is 3.94. The Bertz CT molecular complexity index is 547. The van der Waals surface area contributed by atoms with Crippen molar-refractivity contribution in [3.05, 3.63) is 30.3 Å².